The summed E-state index contributed by atoms with van der Waals surface area (Å²) in [6.45, 7) is 8.83. The van der Waals surface area contributed by atoms with E-state index in [-0.39, 0.29) is 5.78 Å². The number of carbonyl (C=O) groups is 1. The number of ketones is 1. The van der Waals surface area contributed by atoms with E-state index in [1.54, 1.807) is 0 Å². The molecule has 0 aliphatic heterocycles. The highest BCUT2D eigenvalue weighted by atomic mass is 16.1. The molecule has 1 unspecified atom stereocenters. The van der Waals surface area contributed by atoms with E-state index in [0.29, 0.717) is 19.0 Å². The maximum absolute atomic E-state index is 11.8. The molecule has 0 heterocycles. The second kappa shape index (κ2) is 6.55. The minimum atomic E-state index is 0.260. The molecule has 0 spiro atoms. The molecule has 0 amide bonds. The molecule has 0 bridgehead atoms. The number of aryl methyl sites for hydroxylation is 2. The fourth-order valence-corrected chi connectivity index (χ4v) is 1.89. The smallest absolute Gasteiger partial charge is 0.150 e. The summed E-state index contributed by atoms with van der Waals surface area (Å²) in [6.07, 6.45) is 1.59. The standard InChI is InChI=1S/C15H23NO/c1-5-13(4)16-10-15(17)9-14-7-11(2)6-12(3)8-14/h6-8,13,16H,5,9-10H2,1-4H3. The van der Waals surface area contributed by atoms with Crippen LogP contribution in [-0.2, 0) is 11.2 Å². The van der Waals surface area contributed by atoms with Gasteiger partial charge in [0.2, 0.25) is 0 Å². The molecule has 0 radical (unpaired) electrons. The van der Waals surface area contributed by atoms with Gasteiger partial charge in [0.1, 0.15) is 0 Å². The van der Waals surface area contributed by atoms with Gasteiger partial charge >= 0.3 is 0 Å². The lowest BCUT2D eigenvalue weighted by molar-refractivity contribution is -0.117. The largest absolute Gasteiger partial charge is 0.307 e. The van der Waals surface area contributed by atoms with E-state index in [1.807, 2.05) is 0 Å². The van der Waals surface area contributed by atoms with E-state index < -0.39 is 0 Å². The van der Waals surface area contributed by atoms with Crippen LogP contribution in [0.5, 0.6) is 0 Å². The van der Waals surface area contributed by atoms with Crippen molar-refractivity contribution in [2.75, 3.05) is 6.54 Å². The van der Waals surface area contributed by atoms with Gasteiger partial charge < -0.3 is 5.32 Å². The number of nitrogens with one attached hydrogen (secondary N) is 1. The molecule has 1 rings (SSSR count). The first kappa shape index (κ1) is 13.9. The quantitative estimate of drug-likeness (QED) is 0.818. The van der Waals surface area contributed by atoms with Crippen molar-refractivity contribution in [1.29, 1.82) is 0 Å². The van der Waals surface area contributed by atoms with E-state index in [4.69, 9.17) is 0 Å². The van der Waals surface area contributed by atoms with Crippen LogP contribution in [0.1, 0.15) is 37.0 Å². The Balaban J connectivity index is 2.50. The lowest BCUT2D eigenvalue weighted by Crippen LogP contribution is -2.31. The molecule has 1 N–H and O–H groups in total. The number of Topliss-reactive ketones (excluding diaryl/α,β-unsaturated/α-hetero) is 1. The highest BCUT2D eigenvalue weighted by Gasteiger charge is 2.06. The molecule has 17 heavy (non-hydrogen) atoms. The Morgan fingerprint density at radius 3 is 2.35 bits per heavy atom. The molecule has 2 nitrogen and oxygen atoms in total. The van der Waals surface area contributed by atoms with Crippen LogP contribution in [-0.4, -0.2) is 18.4 Å². The minimum Gasteiger partial charge on any atom is -0.307 e. The molecule has 0 aromatic heterocycles. The highest BCUT2D eigenvalue weighted by Crippen LogP contribution is 2.09. The first-order valence-electron chi connectivity index (χ1n) is 6.33. The third-order valence-corrected chi connectivity index (χ3v) is 2.94. The molecular formula is C15H23NO. The van der Waals surface area contributed by atoms with Crippen LogP contribution in [0.15, 0.2) is 18.2 Å². The molecule has 0 saturated carbocycles. The van der Waals surface area contributed by atoms with Gasteiger partial charge in [0.15, 0.2) is 5.78 Å². The van der Waals surface area contributed by atoms with Gasteiger partial charge in [-0.05, 0) is 32.8 Å². The van der Waals surface area contributed by atoms with E-state index in [9.17, 15) is 4.79 Å². The van der Waals surface area contributed by atoms with Crippen LogP contribution in [0.25, 0.3) is 0 Å². The zero-order chi connectivity index (χ0) is 12.8. The van der Waals surface area contributed by atoms with Crippen LogP contribution < -0.4 is 5.32 Å². The number of rotatable bonds is 6. The topological polar surface area (TPSA) is 29.1 Å². The second-order valence-corrected chi connectivity index (χ2v) is 4.90. The van der Waals surface area contributed by atoms with Crippen LogP contribution in [0.3, 0.4) is 0 Å². The fraction of sp³-hybridized carbons (Fsp3) is 0.533. The second-order valence-electron chi connectivity index (χ2n) is 4.90. The number of benzene rings is 1. The lowest BCUT2D eigenvalue weighted by Gasteiger charge is -2.10. The van der Waals surface area contributed by atoms with Gasteiger partial charge in [-0.2, -0.15) is 0 Å². The Bertz CT molecular complexity index is 364. The zero-order valence-electron chi connectivity index (χ0n) is 11.3. The van der Waals surface area contributed by atoms with Crippen LogP contribution in [0.2, 0.25) is 0 Å². The predicted molar refractivity (Wildman–Crippen MR) is 72.4 cm³/mol. The minimum absolute atomic E-state index is 0.260. The normalized spacial score (nSPS) is 12.5. The molecule has 1 aromatic rings. The van der Waals surface area contributed by atoms with Crippen molar-refractivity contribution in [3.63, 3.8) is 0 Å². The summed E-state index contributed by atoms with van der Waals surface area (Å²) >= 11 is 0. The van der Waals surface area contributed by atoms with Crippen LogP contribution in [0.4, 0.5) is 0 Å². The van der Waals surface area contributed by atoms with Crippen molar-refractivity contribution in [2.24, 2.45) is 0 Å². The highest BCUT2D eigenvalue weighted by molar-refractivity contribution is 5.82. The molecule has 0 aliphatic rings. The van der Waals surface area contributed by atoms with Crippen LogP contribution >= 0.6 is 0 Å². The van der Waals surface area contributed by atoms with Crippen molar-refractivity contribution < 1.29 is 4.79 Å². The summed E-state index contributed by atoms with van der Waals surface area (Å²) in [5.41, 5.74) is 3.57. The number of carbonyl (C=O) groups excluding carboxylic acids is 1. The zero-order valence-corrected chi connectivity index (χ0v) is 11.3. The third-order valence-electron chi connectivity index (χ3n) is 2.94. The van der Waals surface area contributed by atoms with Crippen LogP contribution in [0, 0.1) is 13.8 Å². The first-order chi connectivity index (χ1) is 8.01. The Morgan fingerprint density at radius 1 is 1.24 bits per heavy atom. The maximum Gasteiger partial charge on any atom is 0.150 e. The van der Waals surface area contributed by atoms with E-state index in [1.165, 1.54) is 11.1 Å². The number of hydrogen-bond donors (Lipinski definition) is 1. The van der Waals surface area contributed by atoms with Gasteiger partial charge in [-0.15, -0.1) is 0 Å². The summed E-state index contributed by atoms with van der Waals surface area (Å²) in [5, 5.41) is 3.23. The van der Waals surface area contributed by atoms with Gasteiger partial charge in [0.05, 0.1) is 6.54 Å². The van der Waals surface area contributed by atoms with Gasteiger partial charge in [-0.25, -0.2) is 0 Å². The average molecular weight is 233 g/mol. The Morgan fingerprint density at radius 2 is 1.82 bits per heavy atom. The van der Waals surface area contributed by atoms with Gasteiger partial charge in [0, 0.05) is 12.5 Å². The van der Waals surface area contributed by atoms with Gasteiger partial charge in [-0.3, -0.25) is 4.79 Å². The van der Waals surface area contributed by atoms with E-state index in [0.717, 1.165) is 12.0 Å². The monoisotopic (exact) mass is 233 g/mol. The Kier molecular flexibility index (Phi) is 5.36. The maximum atomic E-state index is 11.8. The molecule has 0 saturated heterocycles. The van der Waals surface area contributed by atoms with Crippen molar-refractivity contribution in [3.05, 3.63) is 34.9 Å². The molecule has 2 heteroatoms. The molecule has 1 atom stereocenters. The molecule has 0 fully saturated rings. The summed E-state index contributed by atoms with van der Waals surface area (Å²) in [4.78, 5) is 11.8. The molecule has 94 valence electrons. The lowest BCUT2D eigenvalue weighted by atomic mass is 10.0. The third kappa shape index (κ3) is 5.14. The Labute approximate surface area is 104 Å². The molecule has 1 aromatic carbocycles. The number of hydrogen-bond acceptors (Lipinski definition) is 2. The summed E-state index contributed by atoms with van der Waals surface area (Å²) < 4.78 is 0. The van der Waals surface area contributed by atoms with E-state index in [2.05, 4.69) is 51.2 Å². The fourth-order valence-electron chi connectivity index (χ4n) is 1.89. The van der Waals surface area contributed by atoms with Gasteiger partial charge in [0.25, 0.3) is 0 Å². The van der Waals surface area contributed by atoms with E-state index >= 15 is 0 Å². The predicted octanol–water partition coefficient (Wildman–Crippen LogP) is 2.80. The average Bonchev–Trinajstić information content (AvgIpc) is 2.24. The van der Waals surface area contributed by atoms with Gasteiger partial charge in [-0.1, -0.05) is 36.2 Å². The molecule has 0 aliphatic carbocycles. The van der Waals surface area contributed by atoms with Crippen molar-refractivity contribution >= 4 is 5.78 Å². The summed E-state index contributed by atoms with van der Waals surface area (Å²) in [5.74, 6) is 0.260. The molecular weight excluding hydrogens is 210 g/mol. The summed E-state index contributed by atoms with van der Waals surface area (Å²) in [7, 11) is 0. The summed E-state index contributed by atoms with van der Waals surface area (Å²) in [6, 6.07) is 6.73. The van der Waals surface area contributed by atoms with Crippen molar-refractivity contribution in [1.82, 2.24) is 5.32 Å². The first-order valence-corrected chi connectivity index (χ1v) is 6.33. The van der Waals surface area contributed by atoms with Crippen molar-refractivity contribution in [2.45, 2.75) is 46.6 Å². The van der Waals surface area contributed by atoms with Crippen molar-refractivity contribution in [3.8, 4) is 0 Å². The Hall–Kier alpha value is -1.15. The SMILES string of the molecule is CCC(C)NCC(=O)Cc1cc(C)cc(C)c1.